The molecule has 0 spiro atoms. The van der Waals surface area contributed by atoms with E-state index in [0.717, 1.165) is 11.3 Å². The van der Waals surface area contributed by atoms with Gasteiger partial charge in [0.1, 0.15) is 0 Å². The van der Waals surface area contributed by atoms with Crippen LogP contribution in [0.2, 0.25) is 0 Å². The molecular formula is C17H17N3O. The molecule has 0 radical (unpaired) electrons. The topological polar surface area (TPSA) is 51.0 Å². The largest absolute Gasteiger partial charge is 0.378 e. The second kappa shape index (κ2) is 5.79. The number of nitrogens with one attached hydrogen (secondary N) is 1. The van der Waals surface area contributed by atoms with Crippen LogP contribution in [0.15, 0.2) is 59.1 Å². The van der Waals surface area contributed by atoms with Gasteiger partial charge < -0.3 is 9.84 Å². The smallest absolute Gasteiger partial charge is 0.260 e. The number of para-hydroxylation sites is 1. The van der Waals surface area contributed by atoms with Crippen LogP contribution in [0.1, 0.15) is 24.4 Å². The Morgan fingerprint density at radius 3 is 2.43 bits per heavy atom. The normalized spacial score (nSPS) is 12.1. The quantitative estimate of drug-likeness (QED) is 0.777. The van der Waals surface area contributed by atoms with Crippen LogP contribution in [0, 0.1) is 6.92 Å². The van der Waals surface area contributed by atoms with Crippen molar-refractivity contribution >= 4 is 5.69 Å². The molecule has 0 aliphatic rings. The first-order valence-electron chi connectivity index (χ1n) is 6.95. The third kappa shape index (κ3) is 2.94. The lowest BCUT2D eigenvalue weighted by atomic mass is 10.1. The van der Waals surface area contributed by atoms with Gasteiger partial charge in [0, 0.05) is 11.7 Å². The molecule has 2 aromatic carbocycles. The zero-order valence-electron chi connectivity index (χ0n) is 12.1. The highest BCUT2D eigenvalue weighted by Gasteiger charge is 2.13. The average molecular weight is 279 g/mol. The van der Waals surface area contributed by atoms with Crippen molar-refractivity contribution in [2.45, 2.75) is 19.9 Å². The van der Waals surface area contributed by atoms with Crippen LogP contribution in [0.5, 0.6) is 0 Å². The fourth-order valence-corrected chi connectivity index (χ4v) is 2.26. The summed E-state index contributed by atoms with van der Waals surface area (Å²) in [4.78, 5) is 4.30. The Balaban J connectivity index is 1.89. The fraction of sp³-hybridized carbons (Fsp3) is 0.176. The molecule has 0 bridgehead atoms. The van der Waals surface area contributed by atoms with E-state index < -0.39 is 0 Å². The lowest BCUT2D eigenvalue weighted by Crippen LogP contribution is -2.07. The van der Waals surface area contributed by atoms with Crippen molar-refractivity contribution in [3.05, 3.63) is 66.0 Å². The summed E-state index contributed by atoms with van der Waals surface area (Å²) in [7, 11) is 0. The summed E-state index contributed by atoms with van der Waals surface area (Å²) in [6.45, 7) is 3.95. The van der Waals surface area contributed by atoms with E-state index in [1.54, 1.807) is 0 Å². The first-order chi connectivity index (χ1) is 10.2. The number of rotatable bonds is 4. The molecule has 0 saturated heterocycles. The first kappa shape index (κ1) is 13.4. The molecule has 0 aliphatic carbocycles. The van der Waals surface area contributed by atoms with E-state index in [9.17, 15) is 0 Å². The van der Waals surface area contributed by atoms with Crippen LogP contribution in [-0.4, -0.2) is 10.1 Å². The summed E-state index contributed by atoms with van der Waals surface area (Å²) in [6.07, 6.45) is 0. The molecule has 3 rings (SSSR count). The van der Waals surface area contributed by atoms with E-state index in [4.69, 9.17) is 4.52 Å². The molecule has 21 heavy (non-hydrogen) atoms. The number of benzene rings is 2. The van der Waals surface area contributed by atoms with Gasteiger partial charge in [0.25, 0.3) is 5.89 Å². The molecule has 0 saturated carbocycles. The van der Waals surface area contributed by atoms with Crippen molar-refractivity contribution in [2.75, 3.05) is 5.32 Å². The first-order valence-corrected chi connectivity index (χ1v) is 6.95. The minimum absolute atomic E-state index is 0.191. The molecule has 106 valence electrons. The predicted octanol–water partition coefficient (Wildman–Crippen LogP) is 4.22. The summed E-state index contributed by atoms with van der Waals surface area (Å²) in [5.41, 5.74) is 3.13. The molecule has 1 unspecified atom stereocenters. The van der Waals surface area contributed by atoms with Gasteiger partial charge in [-0.1, -0.05) is 47.6 Å². The van der Waals surface area contributed by atoms with Gasteiger partial charge in [0.05, 0.1) is 5.56 Å². The van der Waals surface area contributed by atoms with Crippen LogP contribution < -0.4 is 5.32 Å². The van der Waals surface area contributed by atoms with Crippen LogP contribution in [0.3, 0.4) is 0 Å². The molecule has 3 aromatic rings. The van der Waals surface area contributed by atoms with Gasteiger partial charge >= 0.3 is 0 Å². The highest BCUT2D eigenvalue weighted by molar-refractivity contribution is 5.72. The Morgan fingerprint density at radius 2 is 1.71 bits per heavy atom. The highest BCUT2D eigenvalue weighted by Crippen LogP contribution is 2.29. The molecule has 1 heterocycles. The number of hydrogen-bond acceptors (Lipinski definition) is 4. The molecule has 1 N–H and O–H groups in total. The summed E-state index contributed by atoms with van der Waals surface area (Å²) >= 11 is 0. The monoisotopic (exact) mass is 279 g/mol. The summed E-state index contributed by atoms with van der Waals surface area (Å²) in [5, 5.41) is 7.36. The maximum atomic E-state index is 5.28. The number of aromatic nitrogens is 2. The Labute approximate surface area is 123 Å². The van der Waals surface area contributed by atoms with Gasteiger partial charge in [-0.05, 0) is 31.5 Å². The third-order valence-electron chi connectivity index (χ3n) is 3.36. The van der Waals surface area contributed by atoms with Gasteiger partial charge in [0.15, 0.2) is 5.82 Å². The summed E-state index contributed by atoms with van der Waals surface area (Å²) in [6, 6.07) is 18.5. The molecule has 0 aliphatic heterocycles. The van der Waals surface area contributed by atoms with Gasteiger partial charge in [-0.15, -0.1) is 0 Å². The standard InChI is InChI=1S/C17H17N3O/c1-12(14-8-4-3-5-9-14)18-16-11-7-6-10-15(16)17-19-13(2)20-21-17/h3-12,18H,1-2H3. The Kier molecular flexibility index (Phi) is 3.69. The second-order valence-corrected chi connectivity index (χ2v) is 4.97. The van der Waals surface area contributed by atoms with E-state index in [1.165, 1.54) is 5.56 Å². The molecular weight excluding hydrogens is 262 g/mol. The van der Waals surface area contributed by atoms with Crippen LogP contribution >= 0.6 is 0 Å². The predicted molar refractivity (Wildman–Crippen MR) is 83.0 cm³/mol. The van der Waals surface area contributed by atoms with Gasteiger partial charge in [-0.3, -0.25) is 0 Å². The Morgan fingerprint density at radius 1 is 1.00 bits per heavy atom. The Bertz CT molecular complexity index is 722. The van der Waals surface area contributed by atoms with Crippen molar-refractivity contribution < 1.29 is 4.52 Å². The van der Waals surface area contributed by atoms with Gasteiger partial charge in [0.2, 0.25) is 0 Å². The van der Waals surface area contributed by atoms with Crippen molar-refractivity contribution in [1.29, 1.82) is 0 Å². The number of aryl methyl sites for hydroxylation is 1. The van der Waals surface area contributed by atoms with Gasteiger partial charge in [-0.25, -0.2) is 0 Å². The molecule has 0 fully saturated rings. The summed E-state index contributed by atoms with van der Waals surface area (Å²) in [5.74, 6) is 1.17. The zero-order valence-corrected chi connectivity index (χ0v) is 12.1. The molecule has 4 heteroatoms. The van der Waals surface area contributed by atoms with E-state index in [0.29, 0.717) is 11.7 Å². The average Bonchev–Trinajstić information content (AvgIpc) is 2.95. The molecule has 4 nitrogen and oxygen atoms in total. The number of nitrogens with zero attached hydrogens (tertiary/aromatic N) is 2. The minimum atomic E-state index is 0.191. The van der Waals surface area contributed by atoms with Crippen LogP contribution in [0.25, 0.3) is 11.5 Å². The lowest BCUT2D eigenvalue weighted by Gasteiger charge is -2.17. The van der Waals surface area contributed by atoms with E-state index in [1.807, 2.05) is 49.4 Å². The second-order valence-electron chi connectivity index (χ2n) is 4.97. The molecule has 1 aromatic heterocycles. The number of anilines is 1. The highest BCUT2D eigenvalue weighted by atomic mass is 16.5. The van der Waals surface area contributed by atoms with E-state index >= 15 is 0 Å². The molecule has 1 atom stereocenters. The zero-order chi connectivity index (χ0) is 14.7. The third-order valence-corrected chi connectivity index (χ3v) is 3.36. The lowest BCUT2D eigenvalue weighted by molar-refractivity contribution is 0.425. The molecule has 0 amide bonds. The van der Waals surface area contributed by atoms with Crippen molar-refractivity contribution in [1.82, 2.24) is 10.1 Å². The van der Waals surface area contributed by atoms with E-state index in [2.05, 4.69) is 34.5 Å². The van der Waals surface area contributed by atoms with Crippen molar-refractivity contribution in [3.63, 3.8) is 0 Å². The SMILES string of the molecule is Cc1noc(-c2ccccc2NC(C)c2ccccc2)n1. The Hall–Kier alpha value is -2.62. The number of hydrogen-bond donors (Lipinski definition) is 1. The summed E-state index contributed by atoms with van der Waals surface area (Å²) < 4.78 is 5.28. The van der Waals surface area contributed by atoms with E-state index in [-0.39, 0.29) is 6.04 Å². The maximum absolute atomic E-state index is 5.28. The van der Waals surface area contributed by atoms with Crippen LogP contribution in [-0.2, 0) is 0 Å². The van der Waals surface area contributed by atoms with Crippen LogP contribution in [0.4, 0.5) is 5.69 Å². The maximum Gasteiger partial charge on any atom is 0.260 e. The van der Waals surface area contributed by atoms with Crippen molar-refractivity contribution in [3.8, 4) is 11.5 Å². The van der Waals surface area contributed by atoms with Gasteiger partial charge in [-0.2, -0.15) is 4.98 Å². The van der Waals surface area contributed by atoms with Crippen molar-refractivity contribution in [2.24, 2.45) is 0 Å². The fourth-order valence-electron chi connectivity index (χ4n) is 2.26. The minimum Gasteiger partial charge on any atom is -0.378 e.